The Morgan fingerprint density at radius 1 is 0.892 bits per heavy atom. The molecule has 0 radical (unpaired) electrons. The lowest BCUT2D eigenvalue weighted by atomic mass is 10.0. The van der Waals surface area contributed by atoms with E-state index in [0.717, 1.165) is 52.2 Å². The summed E-state index contributed by atoms with van der Waals surface area (Å²) in [7, 11) is 0. The van der Waals surface area contributed by atoms with Gasteiger partial charge in [0.05, 0.1) is 20.4 Å². The average Bonchev–Trinajstić information content (AvgIpc) is 3.63. The van der Waals surface area contributed by atoms with Gasteiger partial charge < -0.3 is 5.32 Å². The van der Waals surface area contributed by atoms with E-state index in [4.69, 9.17) is 9.97 Å². The van der Waals surface area contributed by atoms with Gasteiger partial charge in [-0.3, -0.25) is 4.90 Å². The third-order valence-electron chi connectivity index (χ3n) is 6.72. The van der Waals surface area contributed by atoms with E-state index in [2.05, 4.69) is 89.3 Å². The number of thiophene rings is 1. The molecule has 3 aromatic heterocycles. The molecule has 0 unspecified atom stereocenters. The van der Waals surface area contributed by atoms with Crippen LogP contribution < -0.4 is 5.32 Å². The number of hydrogen-bond acceptors (Lipinski definition) is 8. The zero-order chi connectivity index (χ0) is 24.8. The topological polar surface area (TPSA) is 41.1 Å². The van der Waals surface area contributed by atoms with Gasteiger partial charge in [-0.1, -0.05) is 59.9 Å². The smallest absolute Gasteiger partial charge is 0.188 e. The Morgan fingerprint density at radius 2 is 1.73 bits per heavy atom. The normalized spacial score (nSPS) is 13.9. The van der Waals surface area contributed by atoms with Crippen molar-refractivity contribution in [2.45, 2.75) is 24.4 Å². The van der Waals surface area contributed by atoms with Crippen LogP contribution in [0.5, 0.6) is 0 Å². The van der Waals surface area contributed by atoms with Crippen molar-refractivity contribution in [1.82, 2.24) is 14.9 Å². The first-order valence-corrected chi connectivity index (χ1v) is 15.9. The van der Waals surface area contributed by atoms with Crippen LogP contribution in [0.1, 0.15) is 16.0 Å². The molecule has 0 aliphatic carbocycles. The number of aromatic nitrogens is 2. The zero-order valence-electron chi connectivity index (χ0n) is 20.2. The fraction of sp³-hybridized carbons (Fsp3) is 0.172. The first-order valence-electron chi connectivity index (χ1n) is 12.2. The van der Waals surface area contributed by atoms with Crippen molar-refractivity contribution in [3.8, 4) is 10.6 Å². The van der Waals surface area contributed by atoms with Crippen LogP contribution in [-0.2, 0) is 19.5 Å². The van der Waals surface area contributed by atoms with Crippen molar-refractivity contribution in [1.29, 1.82) is 0 Å². The van der Waals surface area contributed by atoms with Gasteiger partial charge in [-0.25, -0.2) is 9.97 Å². The van der Waals surface area contributed by atoms with E-state index in [-0.39, 0.29) is 0 Å². The first kappa shape index (κ1) is 23.4. The summed E-state index contributed by atoms with van der Waals surface area (Å²) in [5.41, 5.74) is 6.23. The second kappa shape index (κ2) is 9.85. The maximum atomic E-state index is 5.07. The molecule has 0 bridgehead atoms. The van der Waals surface area contributed by atoms with Crippen LogP contribution in [0.3, 0.4) is 0 Å². The molecule has 1 aliphatic rings. The summed E-state index contributed by atoms with van der Waals surface area (Å²) < 4.78 is 2.45. The second-order valence-corrected chi connectivity index (χ2v) is 13.1. The summed E-state index contributed by atoms with van der Waals surface area (Å²) in [4.78, 5) is 15.3. The molecule has 8 heteroatoms. The molecule has 7 rings (SSSR count). The van der Waals surface area contributed by atoms with Crippen molar-refractivity contribution in [3.05, 3.63) is 88.8 Å². The minimum Gasteiger partial charge on any atom is -0.323 e. The Balaban J connectivity index is 1.29. The third kappa shape index (κ3) is 4.47. The molecule has 3 aromatic carbocycles. The van der Waals surface area contributed by atoms with E-state index in [1.165, 1.54) is 35.9 Å². The summed E-state index contributed by atoms with van der Waals surface area (Å²) in [5.74, 6) is 0. The van der Waals surface area contributed by atoms with E-state index in [0.29, 0.717) is 0 Å². The van der Waals surface area contributed by atoms with Crippen molar-refractivity contribution in [2.75, 3.05) is 18.1 Å². The zero-order valence-corrected chi connectivity index (χ0v) is 23.5. The highest BCUT2D eigenvalue weighted by atomic mass is 32.2. The molecule has 0 atom stereocenters. The second-order valence-electron chi connectivity index (χ2n) is 9.09. The lowest BCUT2D eigenvalue weighted by molar-refractivity contribution is 0.249. The number of benzene rings is 3. The van der Waals surface area contributed by atoms with E-state index in [1.54, 1.807) is 34.4 Å². The molecule has 4 heterocycles. The number of thiazole rings is 2. The molecule has 6 aromatic rings. The van der Waals surface area contributed by atoms with Crippen molar-refractivity contribution in [2.24, 2.45) is 0 Å². The number of rotatable bonds is 6. The summed E-state index contributed by atoms with van der Waals surface area (Å²) in [6.45, 7) is 2.99. The number of para-hydroxylation sites is 2. The molecule has 1 aliphatic heterocycles. The lowest BCUT2D eigenvalue weighted by Gasteiger charge is -2.27. The van der Waals surface area contributed by atoms with E-state index >= 15 is 0 Å². The van der Waals surface area contributed by atoms with Crippen molar-refractivity contribution in [3.63, 3.8) is 0 Å². The van der Waals surface area contributed by atoms with Gasteiger partial charge in [0.25, 0.3) is 0 Å². The minimum absolute atomic E-state index is 0.943. The Bertz CT molecular complexity index is 1680. The molecule has 1 N–H and O–H groups in total. The lowest BCUT2D eigenvalue weighted by Crippen LogP contribution is -2.29. The van der Waals surface area contributed by atoms with Crippen LogP contribution in [0.25, 0.3) is 31.0 Å². The van der Waals surface area contributed by atoms with E-state index < -0.39 is 0 Å². The summed E-state index contributed by atoms with van der Waals surface area (Å²) >= 11 is 7.13. The molecule has 4 nitrogen and oxygen atoms in total. The number of nitrogens with one attached hydrogen (secondary N) is 1. The first-order chi connectivity index (χ1) is 18.2. The Hall–Kier alpha value is -2.75. The maximum Gasteiger partial charge on any atom is 0.188 e. The maximum absolute atomic E-state index is 5.07. The van der Waals surface area contributed by atoms with Crippen LogP contribution >= 0.6 is 45.8 Å². The highest BCUT2D eigenvalue weighted by Gasteiger charge is 2.27. The predicted octanol–water partition coefficient (Wildman–Crippen LogP) is 8.66. The molecular weight excluding hydrogens is 533 g/mol. The number of nitrogens with zero attached hydrogens (tertiary/aromatic N) is 3. The highest BCUT2D eigenvalue weighted by molar-refractivity contribution is 7.98. The summed E-state index contributed by atoms with van der Waals surface area (Å²) in [6, 6.07) is 25.7. The van der Waals surface area contributed by atoms with Crippen LogP contribution in [-0.4, -0.2) is 27.7 Å². The Labute approximate surface area is 232 Å². The fourth-order valence-electron chi connectivity index (χ4n) is 4.96. The predicted molar refractivity (Wildman–Crippen MR) is 162 cm³/mol. The highest BCUT2D eigenvalue weighted by Crippen LogP contribution is 2.47. The van der Waals surface area contributed by atoms with Gasteiger partial charge in [0.1, 0.15) is 10.0 Å². The Morgan fingerprint density at radius 3 is 2.59 bits per heavy atom. The SMILES string of the molecule is CSc1cccc2sc(Nc3sc4c(c3-c3nc5ccccc5s3)CCN(Cc3ccccc3)C4)nc12. The van der Waals surface area contributed by atoms with Crippen molar-refractivity contribution < 1.29 is 0 Å². The van der Waals surface area contributed by atoms with Crippen LogP contribution in [0, 0.1) is 0 Å². The summed E-state index contributed by atoms with van der Waals surface area (Å²) in [6.07, 6.45) is 3.14. The van der Waals surface area contributed by atoms with Gasteiger partial charge in [-0.05, 0) is 48.1 Å². The average molecular weight is 557 g/mol. The standard InChI is InChI=1S/C29H24N4S4/c1-34-22-12-7-13-23-26(22)31-29(37-23)32-28-25(27-30-20-10-5-6-11-21(20)35-27)19-14-15-33(17-24(19)36-28)16-18-8-3-2-4-9-18/h2-13H,14-17H2,1H3,(H,31,32). The van der Waals surface area contributed by atoms with Gasteiger partial charge in [-0.15, -0.1) is 34.4 Å². The molecule has 37 heavy (non-hydrogen) atoms. The molecular formula is C29H24N4S4. The summed E-state index contributed by atoms with van der Waals surface area (Å²) in [5, 5.41) is 6.95. The van der Waals surface area contributed by atoms with E-state index in [9.17, 15) is 0 Å². The largest absolute Gasteiger partial charge is 0.323 e. The fourth-order valence-corrected chi connectivity index (χ4v) is 8.95. The van der Waals surface area contributed by atoms with Gasteiger partial charge in [-0.2, -0.15) is 0 Å². The van der Waals surface area contributed by atoms with Gasteiger partial charge in [0, 0.05) is 35.0 Å². The van der Waals surface area contributed by atoms with Crippen LogP contribution in [0.15, 0.2) is 77.7 Å². The molecule has 184 valence electrons. The monoisotopic (exact) mass is 556 g/mol. The number of thioether (sulfide) groups is 1. The van der Waals surface area contributed by atoms with Crippen LogP contribution in [0.4, 0.5) is 10.1 Å². The number of hydrogen-bond donors (Lipinski definition) is 1. The van der Waals surface area contributed by atoms with Crippen LogP contribution in [0.2, 0.25) is 0 Å². The van der Waals surface area contributed by atoms with E-state index in [1.807, 2.05) is 11.3 Å². The molecule has 0 saturated heterocycles. The minimum atomic E-state index is 0.943. The van der Waals surface area contributed by atoms with Gasteiger partial charge in [0.2, 0.25) is 0 Å². The third-order valence-corrected chi connectivity index (χ3v) is 10.6. The quantitative estimate of drug-likeness (QED) is 0.208. The van der Waals surface area contributed by atoms with Gasteiger partial charge >= 0.3 is 0 Å². The van der Waals surface area contributed by atoms with Crippen molar-refractivity contribution >= 4 is 76.3 Å². The number of fused-ring (bicyclic) bond motifs is 3. The molecule has 0 amide bonds. The van der Waals surface area contributed by atoms with Gasteiger partial charge in [0.15, 0.2) is 5.13 Å². The molecule has 0 fully saturated rings. The molecule has 0 spiro atoms. The number of anilines is 2. The molecule has 0 saturated carbocycles. The Kier molecular flexibility index (Phi) is 6.22.